The Balaban J connectivity index is 2.40. The van der Waals surface area contributed by atoms with Crippen LogP contribution in [0.1, 0.15) is 6.92 Å². The lowest BCUT2D eigenvalue weighted by molar-refractivity contribution is -0.118. The largest absolute Gasteiger partial charge is 0.378 e. The Morgan fingerprint density at radius 1 is 1.67 bits per heavy atom. The first-order chi connectivity index (χ1) is 5.66. The molecule has 12 heavy (non-hydrogen) atoms. The molecule has 1 unspecified atom stereocenters. The number of carbonyl (C=O) groups excluding carboxylic acids is 1. The first kappa shape index (κ1) is 7.54. The van der Waals surface area contributed by atoms with E-state index in [-0.39, 0.29) is 5.91 Å². The van der Waals surface area contributed by atoms with Gasteiger partial charge in [0.05, 0.1) is 0 Å². The van der Waals surface area contributed by atoms with E-state index in [4.69, 9.17) is 5.73 Å². The van der Waals surface area contributed by atoms with E-state index in [1.165, 1.54) is 11.8 Å². The van der Waals surface area contributed by atoms with Crippen LogP contribution in [0.5, 0.6) is 0 Å². The first-order valence-electron chi connectivity index (χ1n) is 3.48. The molecule has 0 bridgehead atoms. The summed E-state index contributed by atoms with van der Waals surface area (Å²) in [6.07, 6.45) is 1.85. The van der Waals surface area contributed by atoms with Gasteiger partial charge < -0.3 is 5.73 Å². The molecule has 2 aliphatic rings. The molecule has 0 aromatic rings. The van der Waals surface area contributed by atoms with Crippen molar-refractivity contribution in [2.75, 3.05) is 0 Å². The molecular formula is C7H7N3OS. The van der Waals surface area contributed by atoms with Crippen LogP contribution in [-0.4, -0.2) is 22.8 Å². The van der Waals surface area contributed by atoms with Gasteiger partial charge in [0, 0.05) is 10.6 Å². The van der Waals surface area contributed by atoms with Gasteiger partial charge in [-0.3, -0.25) is 4.79 Å². The zero-order valence-electron chi connectivity index (χ0n) is 6.44. The zero-order chi connectivity index (χ0) is 8.72. The molecule has 2 N–H and O–H groups in total. The number of hydrogen-bond donors (Lipinski definition) is 1. The highest BCUT2D eigenvalue weighted by Gasteiger charge is 2.31. The molecular weight excluding hydrogens is 174 g/mol. The normalized spacial score (nSPS) is 27.6. The van der Waals surface area contributed by atoms with Crippen LogP contribution in [0, 0.1) is 0 Å². The summed E-state index contributed by atoms with van der Waals surface area (Å²) in [5, 5.41) is 0.449. The number of nitrogens with two attached hydrogens (primary N) is 1. The molecule has 2 heterocycles. The Hall–Kier alpha value is -1.10. The Labute approximate surface area is 73.6 Å². The quantitative estimate of drug-likeness (QED) is 0.584. The molecule has 62 valence electrons. The third-order valence-corrected chi connectivity index (χ3v) is 2.51. The summed E-state index contributed by atoms with van der Waals surface area (Å²) in [6, 6.07) is -0.446. The number of carbonyl (C=O) groups is 1. The second-order valence-corrected chi connectivity index (χ2v) is 3.70. The van der Waals surface area contributed by atoms with Gasteiger partial charge in [-0.15, -0.1) is 0 Å². The maximum absolute atomic E-state index is 11.2. The predicted molar refractivity (Wildman–Crippen MR) is 49.2 cm³/mol. The summed E-state index contributed by atoms with van der Waals surface area (Å²) in [6.45, 7) is 1.79. The van der Waals surface area contributed by atoms with Crippen molar-refractivity contribution in [3.8, 4) is 0 Å². The molecule has 0 spiro atoms. The number of amides is 1. The minimum Gasteiger partial charge on any atom is -0.378 e. The maximum Gasteiger partial charge on any atom is 0.275 e. The smallest absolute Gasteiger partial charge is 0.275 e. The minimum absolute atomic E-state index is 0.210. The van der Waals surface area contributed by atoms with Crippen LogP contribution in [0.4, 0.5) is 0 Å². The van der Waals surface area contributed by atoms with E-state index in [1.807, 2.05) is 6.08 Å². The Morgan fingerprint density at radius 2 is 2.42 bits per heavy atom. The van der Waals surface area contributed by atoms with Crippen molar-refractivity contribution in [2.45, 2.75) is 13.0 Å². The van der Waals surface area contributed by atoms with Crippen molar-refractivity contribution < 1.29 is 4.79 Å². The number of hydrogen-bond acceptors (Lipinski definition) is 4. The van der Waals surface area contributed by atoms with E-state index >= 15 is 0 Å². The molecule has 0 aromatic carbocycles. The average Bonchev–Trinajstić information content (AvgIpc) is 2.29. The average molecular weight is 181 g/mol. The second-order valence-electron chi connectivity index (χ2n) is 2.61. The fourth-order valence-electron chi connectivity index (χ4n) is 1.15. The van der Waals surface area contributed by atoms with E-state index < -0.39 is 6.04 Å². The minimum atomic E-state index is -0.446. The summed E-state index contributed by atoms with van der Waals surface area (Å²) in [7, 11) is 0. The summed E-state index contributed by atoms with van der Waals surface area (Å²) in [4.78, 5) is 19.9. The van der Waals surface area contributed by atoms with Crippen molar-refractivity contribution in [1.82, 2.24) is 0 Å². The topological polar surface area (TPSA) is 67.8 Å². The van der Waals surface area contributed by atoms with Gasteiger partial charge in [0.15, 0.2) is 11.2 Å². The standard InChI is InChI=1S/C7H7N3OS/c1-3-2-4-5(6(11)9-3)10-7(8)12-4/h2,5H,1H3,(H2,8,10). The Bertz CT molecular complexity index is 343. The molecule has 5 heteroatoms. The maximum atomic E-state index is 11.2. The van der Waals surface area contributed by atoms with Crippen molar-refractivity contribution in [3.63, 3.8) is 0 Å². The number of rotatable bonds is 0. The van der Waals surface area contributed by atoms with Crippen LogP contribution in [0.2, 0.25) is 0 Å². The van der Waals surface area contributed by atoms with Crippen molar-refractivity contribution in [3.05, 3.63) is 11.0 Å². The van der Waals surface area contributed by atoms with Crippen LogP contribution in [-0.2, 0) is 4.79 Å². The number of nitrogens with zero attached hydrogens (tertiary/aromatic N) is 2. The van der Waals surface area contributed by atoms with Crippen molar-refractivity contribution >= 4 is 28.5 Å². The van der Waals surface area contributed by atoms with Crippen molar-refractivity contribution in [2.24, 2.45) is 15.7 Å². The lowest BCUT2D eigenvalue weighted by Crippen LogP contribution is -2.20. The SMILES string of the molecule is CC1=NC(=O)C2N=C(N)SC2=C1. The van der Waals surface area contributed by atoms with Gasteiger partial charge in [0.2, 0.25) is 0 Å². The monoisotopic (exact) mass is 181 g/mol. The van der Waals surface area contributed by atoms with Crippen LogP contribution in [0.15, 0.2) is 21.0 Å². The van der Waals surface area contributed by atoms with Gasteiger partial charge >= 0.3 is 0 Å². The van der Waals surface area contributed by atoms with Gasteiger partial charge in [0.1, 0.15) is 0 Å². The van der Waals surface area contributed by atoms with Gasteiger partial charge in [-0.25, -0.2) is 9.98 Å². The summed E-state index contributed by atoms with van der Waals surface area (Å²) in [5.74, 6) is -0.210. The highest BCUT2D eigenvalue weighted by molar-refractivity contribution is 8.17. The fourth-order valence-corrected chi connectivity index (χ4v) is 2.05. The molecule has 0 fully saturated rings. The lowest BCUT2D eigenvalue weighted by Gasteiger charge is -2.09. The van der Waals surface area contributed by atoms with E-state index in [1.54, 1.807) is 6.92 Å². The van der Waals surface area contributed by atoms with Gasteiger partial charge in [-0.05, 0) is 13.0 Å². The molecule has 1 amide bonds. The third-order valence-electron chi connectivity index (χ3n) is 1.62. The summed E-state index contributed by atoms with van der Waals surface area (Å²) >= 11 is 1.34. The molecule has 0 aromatic heterocycles. The summed E-state index contributed by atoms with van der Waals surface area (Å²) in [5.41, 5.74) is 6.20. The number of dihydropyridines is 1. The van der Waals surface area contributed by atoms with Crippen LogP contribution in [0.3, 0.4) is 0 Å². The van der Waals surface area contributed by atoms with Crippen LogP contribution < -0.4 is 5.73 Å². The molecule has 1 atom stereocenters. The van der Waals surface area contributed by atoms with Gasteiger partial charge in [-0.1, -0.05) is 11.8 Å². The first-order valence-corrected chi connectivity index (χ1v) is 4.30. The highest BCUT2D eigenvalue weighted by atomic mass is 32.2. The molecule has 2 rings (SSSR count). The van der Waals surface area contributed by atoms with Crippen LogP contribution >= 0.6 is 11.8 Å². The van der Waals surface area contributed by atoms with E-state index in [0.717, 1.165) is 10.6 Å². The van der Waals surface area contributed by atoms with E-state index in [2.05, 4.69) is 9.98 Å². The molecule has 0 saturated carbocycles. The molecule has 0 radical (unpaired) electrons. The highest BCUT2D eigenvalue weighted by Crippen LogP contribution is 2.31. The second kappa shape index (κ2) is 2.45. The van der Waals surface area contributed by atoms with E-state index in [0.29, 0.717) is 5.17 Å². The van der Waals surface area contributed by atoms with E-state index in [9.17, 15) is 4.79 Å². The van der Waals surface area contributed by atoms with Gasteiger partial charge in [-0.2, -0.15) is 0 Å². The number of thioether (sulfide) groups is 1. The lowest BCUT2D eigenvalue weighted by atomic mass is 10.2. The number of amidine groups is 1. The van der Waals surface area contributed by atoms with Crippen LogP contribution in [0.25, 0.3) is 0 Å². The van der Waals surface area contributed by atoms with Gasteiger partial charge in [0.25, 0.3) is 5.91 Å². The Morgan fingerprint density at radius 3 is 3.17 bits per heavy atom. The molecule has 0 saturated heterocycles. The number of allylic oxidation sites excluding steroid dienone is 1. The number of fused-ring (bicyclic) bond motifs is 1. The zero-order valence-corrected chi connectivity index (χ0v) is 7.26. The number of aliphatic imine (C=N–C) groups is 2. The molecule has 4 nitrogen and oxygen atoms in total. The predicted octanol–water partition coefficient (Wildman–Crippen LogP) is 0.302. The van der Waals surface area contributed by atoms with Crippen molar-refractivity contribution in [1.29, 1.82) is 0 Å². The molecule has 2 aliphatic heterocycles. The summed E-state index contributed by atoms with van der Waals surface area (Å²) < 4.78 is 0. The third kappa shape index (κ3) is 1.06. The Kier molecular flexibility index (Phi) is 1.54. The molecule has 0 aliphatic carbocycles. The fraction of sp³-hybridized carbons (Fsp3) is 0.286.